The Morgan fingerprint density at radius 1 is 1.28 bits per heavy atom. The SMILES string of the molecule is NC(=O)CCCCNCc1ccccc1C1CC1. The van der Waals surface area contributed by atoms with Gasteiger partial charge in [0.2, 0.25) is 5.91 Å². The summed E-state index contributed by atoms with van der Waals surface area (Å²) in [4.78, 5) is 10.6. The Hall–Kier alpha value is -1.35. The zero-order valence-corrected chi connectivity index (χ0v) is 10.8. The second kappa shape index (κ2) is 6.55. The third kappa shape index (κ3) is 4.15. The first-order valence-electron chi connectivity index (χ1n) is 6.84. The smallest absolute Gasteiger partial charge is 0.217 e. The van der Waals surface area contributed by atoms with Gasteiger partial charge in [-0.3, -0.25) is 4.79 Å². The van der Waals surface area contributed by atoms with Crippen LogP contribution in [0, 0.1) is 0 Å². The maximum Gasteiger partial charge on any atom is 0.217 e. The van der Waals surface area contributed by atoms with Gasteiger partial charge in [0.25, 0.3) is 0 Å². The van der Waals surface area contributed by atoms with Crippen molar-refractivity contribution in [2.24, 2.45) is 5.73 Å². The van der Waals surface area contributed by atoms with Gasteiger partial charge in [0.1, 0.15) is 0 Å². The molecule has 0 radical (unpaired) electrons. The molecule has 0 heterocycles. The molecule has 0 aliphatic heterocycles. The van der Waals surface area contributed by atoms with Gasteiger partial charge >= 0.3 is 0 Å². The maximum atomic E-state index is 10.6. The summed E-state index contributed by atoms with van der Waals surface area (Å²) in [6.07, 6.45) is 5.08. The highest BCUT2D eigenvalue weighted by Gasteiger charge is 2.25. The predicted octanol–water partition coefficient (Wildman–Crippen LogP) is 2.31. The highest BCUT2D eigenvalue weighted by atomic mass is 16.1. The van der Waals surface area contributed by atoms with E-state index >= 15 is 0 Å². The largest absolute Gasteiger partial charge is 0.370 e. The highest BCUT2D eigenvalue weighted by molar-refractivity contribution is 5.73. The lowest BCUT2D eigenvalue weighted by molar-refractivity contribution is -0.118. The molecule has 0 unspecified atom stereocenters. The third-order valence-corrected chi connectivity index (χ3v) is 3.41. The van der Waals surface area contributed by atoms with Crippen molar-refractivity contribution in [1.29, 1.82) is 0 Å². The van der Waals surface area contributed by atoms with E-state index in [0.29, 0.717) is 6.42 Å². The monoisotopic (exact) mass is 246 g/mol. The number of carbonyl (C=O) groups excluding carboxylic acids is 1. The van der Waals surface area contributed by atoms with Crippen LogP contribution in [0.5, 0.6) is 0 Å². The molecular weight excluding hydrogens is 224 g/mol. The molecule has 1 aromatic rings. The van der Waals surface area contributed by atoms with Crippen LogP contribution < -0.4 is 11.1 Å². The number of benzene rings is 1. The van der Waals surface area contributed by atoms with Crippen molar-refractivity contribution in [2.75, 3.05) is 6.54 Å². The van der Waals surface area contributed by atoms with E-state index < -0.39 is 0 Å². The zero-order chi connectivity index (χ0) is 12.8. The average molecular weight is 246 g/mol. The lowest BCUT2D eigenvalue weighted by atomic mass is 10.0. The molecule has 98 valence electrons. The summed E-state index contributed by atoms with van der Waals surface area (Å²) in [6, 6.07) is 8.70. The van der Waals surface area contributed by atoms with E-state index in [1.165, 1.54) is 24.0 Å². The van der Waals surface area contributed by atoms with E-state index in [-0.39, 0.29) is 5.91 Å². The Morgan fingerprint density at radius 3 is 2.78 bits per heavy atom. The summed E-state index contributed by atoms with van der Waals surface area (Å²) in [5.41, 5.74) is 8.04. The zero-order valence-electron chi connectivity index (χ0n) is 10.8. The molecule has 1 aliphatic rings. The van der Waals surface area contributed by atoms with Gasteiger partial charge in [-0.2, -0.15) is 0 Å². The minimum Gasteiger partial charge on any atom is -0.370 e. The van der Waals surface area contributed by atoms with Gasteiger partial charge in [-0.15, -0.1) is 0 Å². The van der Waals surface area contributed by atoms with E-state index in [2.05, 4.69) is 29.6 Å². The van der Waals surface area contributed by atoms with E-state index in [1.54, 1.807) is 0 Å². The molecule has 0 atom stereocenters. The normalized spacial score (nSPS) is 14.7. The molecule has 3 nitrogen and oxygen atoms in total. The van der Waals surface area contributed by atoms with E-state index in [9.17, 15) is 4.79 Å². The number of carbonyl (C=O) groups is 1. The van der Waals surface area contributed by atoms with E-state index in [4.69, 9.17) is 5.73 Å². The van der Waals surface area contributed by atoms with Crippen LogP contribution >= 0.6 is 0 Å². The number of nitrogens with one attached hydrogen (secondary N) is 1. The van der Waals surface area contributed by atoms with Crippen molar-refractivity contribution in [3.8, 4) is 0 Å². The Morgan fingerprint density at radius 2 is 2.06 bits per heavy atom. The van der Waals surface area contributed by atoms with Crippen molar-refractivity contribution in [3.63, 3.8) is 0 Å². The fourth-order valence-electron chi connectivity index (χ4n) is 2.26. The predicted molar refractivity (Wildman–Crippen MR) is 73.2 cm³/mol. The molecule has 0 aromatic heterocycles. The number of hydrogen-bond donors (Lipinski definition) is 2. The summed E-state index contributed by atoms with van der Waals surface area (Å²) in [5.74, 6) is 0.604. The summed E-state index contributed by atoms with van der Waals surface area (Å²) >= 11 is 0. The van der Waals surface area contributed by atoms with Crippen LogP contribution in [0.3, 0.4) is 0 Å². The number of amides is 1. The summed E-state index contributed by atoms with van der Waals surface area (Å²) in [7, 11) is 0. The molecule has 3 N–H and O–H groups in total. The van der Waals surface area contributed by atoms with Crippen LogP contribution in [0.4, 0.5) is 0 Å². The van der Waals surface area contributed by atoms with Gasteiger partial charge in [0.15, 0.2) is 0 Å². The summed E-state index contributed by atoms with van der Waals surface area (Å²) in [5, 5.41) is 3.45. The van der Waals surface area contributed by atoms with Crippen molar-refractivity contribution in [3.05, 3.63) is 35.4 Å². The van der Waals surface area contributed by atoms with Crippen molar-refractivity contribution in [2.45, 2.75) is 44.6 Å². The Labute approximate surface area is 109 Å². The van der Waals surface area contributed by atoms with Gasteiger partial charge in [0, 0.05) is 13.0 Å². The third-order valence-electron chi connectivity index (χ3n) is 3.41. The van der Waals surface area contributed by atoms with Crippen LogP contribution in [0.1, 0.15) is 49.1 Å². The number of nitrogens with two attached hydrogens (primary N) is 1. The molecule has 0 saturated heterocycles. The first kappa shape index (κ1) is 13.1. The standard InChI is InChI=1S/C15H22N2O/c16-15(18)7-3-4-10-17-11-13-5-1-2-6-14(13)12-8-9-12/h1-2,5-6,12,17H,3-4,7-11H2,(H2,16,18). The van der Waals surface area contributed by atoms with Gasteiger partial charge in [-0.25, -0.2) is 0 Å². The lowest BCUT2D eigenvalue weighted by Gasteiger charge is -2.09. The second-order valence-corrected chi connectivity index (χ2v) is 5.07. The Bertz CT molecular complexity index is 399. The minimum absolute atomic E-state index is 0.200. The molecule has 18 heavy (non-hydrogen) atoms. The number of rotatable bonds is 8. The number of hydrogen-bond acceptors (Lipinski definition) is 2. The number of unbranched alkanes of at least 4 members (excludes halogenated alkanes) is 1. The Balaban J connectivity index is 1.68. The van der Waals surface area contributed by atoms with Crippen LogP contribution in [0.25, 0.3) is 0 Å². The fraction of sp³-hybridized carbons (Fsp3) is 0.533. The van der Waals surface area contributed by atoms with Gasteiger partial charge in [-0.05, 0) is 49.3 Å². The van der Waals surface area contributed by atoms with Crippen LogP contribution in [0.2, 0.25) is 0 Å². The topological polar surface area (TPSA) is 55.1 Å². The molecule has 1 fully saturated rings. The highest BCUT2D eigenvalue weighted by Crippen LogP contribution is 2.41. The molecule has 1 aromatic carbocycles. The molecule has 1 amide bonds. The molecule has 0 bridgehead atoms. The fourth-order valence-corrected chi connectivity index (χ4v) is 2.26. The first-order valence-corrected chi connectivity index (χ1v) is 6.84. The molecule has 1 saturated carbocycles. The molecule has 3 heteroatoms. The van der Waals surface area contributed by atoms with Crippen LogP contribution in [0.15, 0.2) is 24.3 Å². The van der Waals surface area contributed by atoms with Crippen LogP contribution in [-0.4, -0.2) is 12.5 Å². The quantitative estimate of drug-likeness (QED) is 0.692. The van der Waals surface area contributed by atoms with Gasteiger partial charge in [-0.1, -0.05) is 24.3 Å². The van der Waals surface area contributed by atoms with Crippen molar-refractivity contribution < 1.29 is 4.79 Å². The van der Waals surface area contributed by atoms with Crippen molar-refractivity contribution in [1.82, 2.24) is 5.32 Å². The van der Waals surface area contributed by atoms with Gasteiger partial charge < -0.3 is 11.1 Å². The summed E-state index contributed by atoms with van der Waals surface area (Å²) < 4.78 is 0. The summed E-state index contributed by atoms with van der Waals surface area (Å²) in [6.45, 7) is 1.88. The molecular formula is C15H22N2O. The van der Waals surface area contributed by atoms with Gasteiger partial charge in [0.05, 0.1) is 0 Å². The molecule has 1 aliphatic carbocycles. The molecule has 0 spiro atoms. The average Bonchev–Trinajstić information content (AvgIpc) is 3.18. The Kier molecular flexibility index (Phi) is 4.76. The van der Waals surface area contributed by atoms with E-state index in [1.807, 2.05) is 0 Å². The minimum atomic E-state index is -0.200. The second-order valence-electron chi connectivity index (χ2n) is 5.07. The maximum absolute atomic E-state index is 10.6. The van der Waals surface area contributed by atoms with Crippen molar-refractivity contribution >= 4 is 5.91 Å². The number of primary amides is 1. The first-order chi connectivity index (χ1) is 8.77. The van der Waals surface area contributed by atoms with Crippen LogP contribution in [-0.2, 0) is 11.3 Å². The van der Waals surface area contributed by atoms with E-state index in [0.717, 1.165) is 31.8 Å². The lowest BCUT2D eigenvalue weighted by Crippen LogP contribution is -2.17. The molecule has 2 rings (SSSR count).